The summed E-state index contributed by atoms with van der Waals surface area (Å²) in [5.41, 5.74) is 1.70. The SMILES string of the molecule is CC(C)N(CC[C@H](c1ccccc1)[C@@H](O)c1ccccc1O)C(C)C. The second-order valence-corrected chi connectivity index (χ2v) is 7.23. The first-order valence-corrected chi connectivity index (χ1v) is 9.18. The molecule has 0 aliphatic heterocycles. The zero-order chi connectivity index (χ0) is 18.4. The molecule has 2 aromatic rings. The van der Waals surface area contributed by atoms with Crippen molar-refractivity contribution >= 4 is 0 Å². The van der Waals surface area contributed by atoms with Gasteiger partial charge >= 0.3 is 0 Å². The number of para-hydroxylation sites is 1. The maximum absolute atomic E-state index is 11.0. The van der Waals surface area contributed by atoms with E-state index in [-0.39, 0.29) is 11.7 Å². The van der Waals surface area contributed by atoms with E-state index in [2.05, 4.69) is 44.7 Å². The molecule has 136 valence electrons. The number of aromatic hydroxyl groups is 1. The van der Waals surface area contributed by atoms with Gasteiger partial charge in [0.05, 0.1) is 6.10 Å². The van der Waals surface area contributed by atoms with Crippen LogP contribution in [0.2, 0.25) is 0 Å². The second-order valence-electron chi connectivity index (χ2n) is 7.23. The Bertz CT molecular complexity index is 631. The van der Waals surface area contributed by atoms with Crippen molar-refractivity contribution < 1.29 is 10.2 Å². The fraction of sp³-hybridized carbons (Fsp3) is 0.455. The predicted octanol–water partition coefficient (Wildman–Crippen LogP) is 4.72. The third-order valence-corrected chi connectivity index (χ3v) is 4.89. The van der Waals surface area contributed by atoms with Crippen molar-refractivity contribution in [2.75, 3.05) is 6.54 Å². The summed E-state index contributed by atoms with van der Waals surface area (Å²) in [6.07, 6.45) is 0.0976. The number of benzene rings is 2. The minimum Gasteiger partial charge on any atom is -0.508 e. The Hall–Kier alpha value is -1.84. The summed E-state index contributed by atoms with van der Waals surface area (Å²) in [4.78, 5) is 2.44. The molecular formula is C22H31NO2. The lowest BCUT2D eigenvalue weighted by molar-refractivity contribution is 0.114. The number of phenols is 1. The monoisotopic (exact) mass is 341 g/mol. The molecule has 2 aromatic carbocycles. The van der Waals surface area contributed by atoms with Crippen molar-refractivity contribution in [1.29, 1.82) is 0 Å². The fourth-order valence-corrected chi connectivity index (χ4v) is 3.56. The normalized spacial score (nSPS) is 14.2. The molecule has 0 aromatic heterocycles. The highest BCUT2D eigenvalue weighted by Gasteiger charge is 2.26. The van der Waals surface area contributed by atoms with E-state index >= 15 is 0 Å². The van der Waals surface area contributed by atoms with Crippen LogP contribution in [0.1, 0.15) is 57.3 Å². The van der Waals surface area contributed by atoms with Gasteiger partial charge in [0, 0.05) is 23.6 Å². The van der Waals surface area contributed by atoms with E-state index in [1.54, 1.807) is 18.2 Å². The molecule has 2 atom stereocenters. The Labute approximate surface area is 151 Å². The van der Waals surface area contributed by atoms with Crippen LogP contribution in [0.4, 0.5) is 0 Å². The topological polar surface area (TPSA) is 43.7 Å². The van der Waals surface area contributed by atoms with Gasteiger partial charge in [0.2, 0.25) is 0 Å². The maximum Gasteiger partial charge on any atom is 0.121 e. The minimum atomic E-state index is -0.732. The molecule has 0 heterocycles. The van der Waals surface area contributed by atoms with Crippen LogP contribution in [0, 0.1) is 0 Å². The molecule has 0 aliphatic carbocycles. The molecule has 3 nitrogen and oxygen atoms in total. The van der Waals surface area contributed by atoms with Gasteiger partial charge in [-0.1, -0.05) is 48.5 Å². The quantitative estimate of drug-likeness (QED) is 0.730. The molecule has 0 fully saturated rings. The molecule has 0 bridgehead atoms. The molecule has 0 radical (unpaired) electrons. The molecule has 2 rings (SSSR count). The van der Waals surface area contributed by atoms with Gasteiger partial charge in [0.15, 0.2) is 0 Å². The summed E-state index contributed by atoms with van der Waals surface area (Å²) >= 11 is 0. The zero-order valence-corrected chi connectivity index (χ0v) is 15.8. The second kappa shape index (κ2) is 9.02. The Morgan fingerprint density at radius 3 is 1.96 bits per heavy atom. The third kappa shape index (κ3) is 5.07. The largest absolute Gasteiger partial charge is 0.508 e. The third-order valence-electron chi connectivity index (χ3n) is 4.89. The molecule has 0 amide bonds. The van der Waals surface area contributed by atoms with E-state index in [9.17, 15) is 10.2 Å². The number of hydrogen-bond acceptors (Lipinski definition) is 3. The first-order valence-electron chi connectivity index (χ1n) is 9.18. The number of rotatable bonds is 8. The van der Waals surface area contributed by atoms with Gasteiger partial charge in [-0.2, -0.15) is 0 Å². The number of hydrogen-bond donors (Lipinski definition) is 2. The molecule has 0 aliphatic rings. The smallest absolute Gasteiger partial charge is 0.121 e. The molecule has 0 saturated heterocycles. The van der Waals surface area contributed by atoms with Crippen LogP contribution in [-0.2, 0) is 0 Å². The van der Waals surface area contributed by atoms with E-state index in [0.29, 0.717) is 17.6 Å². The van der Waals surface area contributed by atoms with E-state index in [1.165, 1.54) is 0 Å². The number of aliphatic hydroxyl groups is 1. The minimum absolute atomic E-state index is 0.0606. The summed E-state index contributed by atoms with van der Waals surface area (Å²) < 4.78 is 0. The number of nitrogens with zero attached hydrogens (tertiary/aromatic N) is 1. The van der Waals surface area contributed by atoms with Crippen LogP contribution >= 0.6 is 0 Å². The van der Waals surface area contributed by atoms with E-state index in [0.717, 1.165) is 18.5 Å². The molecule has 3 heteroatoms. The number of phenolic OH excluding ortho intramolecular Hbond substituents is 1. The van der Waals surface area contributed by atoms with Crippen LogP contribution in [0.15, 0.2) is 54.6 Å². The van der Waals surface area contributed by atoms with Gasteiger partial charge in [-0.15, -0.1) is 0 Å². The van der Waals surface area contributed by atoms with Crippen LogP contribution in [0.5, 0.6) is 5.75 Å². The van der Waals surface area contributed by atoms with E-state index < -0.39 is 6.10 Å². The first kappa shape index (κ1) is 19.5. The van der Waals surface area contributed by atoms with E-state index in [1.807, 2.05) is 24.3 Å². The van der Waals surface area contributed by atoms with Crippen LogP contribution in [-0.4, -0.2) is 33.7 Å². The summed E-state index contributed by atoms with van der Waals surface area (Å²) in [6.45, 7) is 9.72. The van der Waals surface area contributed by atoms with Gasteiger partial charge in [-0.05, 0) is 52.3 Å². The molecule has 0 spiro atoms. The van der Waals surface area contributed by atoms with Crippen molar-refractivity contribution in [1.82, 2.24) is 4.90 Å². The molecule has 0 saturated carbocycles. The van der Waals surface area contributed by atoms with Crippen LogP contribution < -0.4 is 0 Å². The molecule has 25 heavy (non-hydrogen) atoms. The average Bonchev–Trinajstić information content (AvgIpc) is 2.58. The van der Waals surface area contributed by atoms with Gasteiger partial charge in [0.25, 0.3) is 0 Å². The Kier molecular flexibility index (Phi) is 7.03. The maximum atomic E-state index is 11.0. The Morgan fingerprint density at radius 1 is 0.840 bits per heavy atom. The van der Waals surface area contributed by atoms with Crippen molar-refractivity contribution in [2.24, 2.45) is 0 Å². The standard InChI is InChI=1S/C22H31NO2/c1-16(2)23(17(3)4)15-14-19(18-10-6-5-7-11-18)22(25)20-12-8-9-13-21(20)24/h5-13,16-17,19,22,24-25H,14-15H2,1-4H3/t19-,22-/m1/s1. The lowest BCUT2D eigenvalue weighted by Crippen LogP contribution is -2.38. The lowest BCUT2D eigenvalue weighted by atomic mass is 9.86. The summed E-state index contributed by atoms with van der Waals surface area (Å²) in [7, 11) is 0. The van der Waals surface area contributed by atoms with Gasteiger partial charge < -0.3 is 10.2 Å². The van der Waals surface area contributed by atoms with Crippen molar-refractivity contribution in [3.63, 3.8) is 0 Å². The first-order chi connectivity index (χ1) is 11.9. The zero-order valence-electron chi connectivity index (χ0n) is 15.8. The number of aliphatic hydroxyl groups excluding tert-OH is 1. The molecular weight excluding hydrogens is 310 g/mol. The molecule has 0 unspecified atom stereocenters. The van der Waals surface area contributed by atoms with E-state index in [4.69, 9.17) is 0 Å². The van der Waals surface area contributed by atoms with Crippen LogP contribution in [0.3, 0.4) is 0 Å². The van der Waals surface area contributed by atoms with Crippen molar-refractivity contribution in [2.45, 2.75) is 58.2 Å². The summed E-state index contributed by atoms with van der Waals surface area (Å²) in [5, 5.41) is 21.2. The average molecular weight is 341 g/mol. The van der Waals surface area contributed by atoms with Crippen molar-refractivity contribution in [3.8, 4) is 5.75 Å². The van der Waals surface area contributed by atoms with Crippen molar-refractivity contribution in [3.05, 3.63) is 65.7 Å². The summed E-state index contributed by atoms with van der Waals surface area (Å²) in [6, 6.07) is 18.1. The lowest BCUT2D eigenvalue weighted by Gasteiger charge is -2.33. The van der Waals surface area contributed by atoms with Gasteiger partial charge in [-0.3, -0.25) is 4.90 Å². The Morgan fingerprint density at radius 2 is 1.40 bits per heavy atom. The van der Waals surface area contributed by atoms with Gasteiger partial charge in [-0.25, -0.2) is 0 Å². The predicted molar refractivity (Wildman–Crippen MR) is 104 cm³/mol. The van der Waals surface area contributed by atoms with Crippen LogP contribution in [0.25, 0.3) is 0 Å². The van der Waals surface area contributed by atoms with Gasteiger partial charge in [0.1, 0.15) is 5.75 Å². The highest BCUT2D eigenvalue weighted by atomic mass is 16.3. The fourth-order valence-electron chi connectivity index (χ4n) is 3.56. The Balaban J connectivity index is 2.27. The highest BCUT2D eigenvalue weighted by molar-refractivity contribution is 5.36. The highest BCUT2D eigenvalue weighted by Crippen LogP contribution is 2.37. The summed E-state index contributed by atoms with van der Waals surface area (Å²) in [5.74, 6) is 0.0926. The molecule has 2 N–H and O–H groups in total.